The summed E-state index contributed by atoms with van der Waals surface area (Å²) >= 11 is 6.31. The van der Waals surface area contributed by atoms with Gasteiger partial charge in [-0.25, -0.2) is 0 Å². The lowest BCUT2D eigenvalue weighted by Crippen LogP contribution is -2.34. The third-order valence-electron chi connectivity index (χ3n) is 3.75. The fraction of sp³-hybridized carbons (Fsp3) is 0.786. The monoisotopic (exact) mass is 271 g/mol. The number of aryl methyl sites for hydroxylation is 2. The number of aromatic nitrogens is 2. The Bertz CT molecular complexity index is 373. The molecule has 0 aliphatic heterocycles. The van der Waals surface area contributed by atoms with Gasteiger partial charge in [0.25, 0.3) is 0 Å². The number of rotatable bonds is 7. The van der Waals surface area contributed by atoms with Gasteiger partial charge < -0.3 is 5.32 Å². The van der Waals surface area contributed by atoms with Crippen molar-refractivity contribution in [2.75, 3.05) is 7.05 Å². The summed E-state index contributed by atoms with van der Waals surface area (Å²) < 4.78 is 1.91. The van der Waals surface area contributed by atoms with Crippen molar-refractivity contribution in [1.82, 2.24) is 15.1 Å². The van der Waals surface area contributed by atoms with Crippen LogP contribution in [0.25, 0.3) is 0 Å². The molecule has 0 saturated heterocycles. The van der Waals surface area contributed by atoms with Crippen molar-refractivity contribution in [1.29, 1.82) is 0 Å². The zero-order valence-corrected chi connectivity index (χ0v) is 13.0. The van der Waals surface area contributed by atoms with Crippen LogP contribution in [0.15, 0.2) is 0 Å². The smallest absolute Gasteiger partial charge is 0.0847 e. The van der Waals surface area contributed by atoms with Crippen LogP contribution in [-0.2, 0) is 13.5 Å². The zero-order chi connectivity index (χ0) is 13.7. The van der Waals surface area contributed by atoms with Gasteiger partial charge in [0, 0.05) is 19.5 Å². The van der Waals surface area contributed by atoms with Gasteiger partial charge >= 0.3 is 0 Å². The molecule has 0 bridgehead atoms. The second kappa shape index (κ2) is 7.15. The molecule has 2 unspecified atom stereocenters. The number of hydrogen-bond donors (Lipinski definition) is 1. The van der Waals surface area contributed by atoms with Crippen molar-refractivity contribution in [2.45, 2.75) is 52.5 Å². The zero-order valence-electron chi connectivity index (χ0n) is 12.3. The number of unbranched alkanes of at least 4 members (excludes halogenated alkanes) is 1. The summed E-state index contributed by atoms with van der Waals surface area (Å²) in [6.07, 6.45) is 4.75. The van der Waals surface area contributed by atoms with Crippen molar-refractivity contribution in [2.24, 2.45) is 13.0 Å². The van der Waals surface area contributed by atoms with Gasteiger partial charge in [-0.15, -0.1) is 0 Å². The molecule has 0 fully saturated rings. The highest BCUT2D eigenvalue weighted by molar-refractivity contribution is 6.31. The van der Waals surface area contributed by atoms with E-state index in [1.54, 1.807) is 0 Å². The Morgan fingerprint density at radius 3 is 2.56 bits per heavy atom. The normalized spacial score (nSPS) is 14.8. The Morgan fingerprint density at radius 1 is 1.44 bits per heavy atom. The molecule has 4 heteroatoms. The minimum atomic E-state index is 0.462. The van der Waals surface area contributed by atoms with Gasteiger partial charge in [-0.2, -0.15) is 5.10 Å². The number of halogens is 1. The molecule has 2 atom stereocenters. The number of hydrogen-bond acceptors (Lipinski definition) is 2. The summed E-state index contributed by atoms with van der Waals surface area (Å²) in [5.74, 6) is 0.654. The SMILES string of the molecule is CCCCC(C)C(Cc1c(Cl)c(C)nn1C)NC. The molecule has 1 N–H and O–H groups in total. The van der Waals surface area contributed by atoms with Crippen molar-refractivity contribution in [3.05, 3.63) is 16.4 Å². The maximum atomic E-state index is 6.31. The van der Waals surface area contributed by atoms with Crippen LogP contribution in [0, 0.1) is 12.8 Å². The number of nitrogens with one attached hydrogen (secondary N) is 1. The topological polar surface area (TPSA) is 29.9 Å². The molecule has 0 amide bonds. The first kappa shape index (κ1) is 15.5. The highest BCUT2D eigenvalue weighted by atomic mass is 35.5. The van der Waals surface area contributed by atoms with E-state index in [4.69, 9.17) is 11.6 Å². The molecule has 0 aliphatic rings. The fourth-order valence-electron chi connectivity index (χ4n) is 2.43. The van der Waals surface area contributed by atoms with E-state index in [-0.39, 0.29) is 0 Å². The third kappa shape index (κ3) is 3.72. The van der Waals surface area contributed by atoms with E-state index in [2.05, 4.69) is 24.3 Å². The van der Waals surface area contributed by atoms with Crippen LogP contribution in [0.1, 0.15) is 44.5 Å². The molecule has 0 saturated carbocycles. The first-order chi connectivity index (χ1) is 8.51. The van der Waals surface area contributed by atoms with Crippen molar-refractivity contribution >= 4 is 11.6 Å². The van der Waals surface area contributed by atoms with Gasteiger partial charge in [0.1, 0.15) is 0 Å². The summed E-state index contributed by atoms with van der Waals surface area (Å²) in [5.41, 5.74) is 2.06. The predicted octanol–water partition coefficient (Wildman–Crippen LogP) is 3.34. The minimum absolute atomic E-state index is 0.462. The van der Waals surface area contributed by atoms with E-state index in [1.807, 2.05) is 25.7 Å². The van der Waals surface area contributed by atoms with Gasteiger partial charge in [-0.1, -0.05) is 38.3 Å². The third-order valence-corrected chi connectivity index (χ3v) is 4.24. The van der Waals surface area contributed by atoms with Crippen LogP contribution in [-0.4, -0.2) is 22.9 Å². The number of likely N-dealkylation sites (N-methyl/N-ethyl adjacent to an activating group) is 1. The molecule has 0 spiro atoms. The van der Waals surface area contributed by atoms with Crippen LogP contribution >= 0.6 is 11.6 Å². The van der Waals surface area contributed by atoms with Gasteiger partial charge in [0.05, 0.1) is 16.4 Å². The Balaban J connectivity index is 2.73. The summed E-state index contributed by atoms with van der Waals surface area (Å²) in [7, 11) is 4.00. The van der Waals surface area contributed by atoms with E-state index in [0.29, 0.717) is 12.0 Å². The second-order valence-corrected chi connectivity index (χ2v) is 5.57. The van der Waals surface area contributed by atoms with Crippen LogP contribution in [0.2, 0.25) is 5.02 Å². The molecule has 1 aromatic rings. The highest BCUT2D eigenvalue weighted by Gasteiger charge is 2.20. The van der Waals surface area contributed by atoms with Crippen molar-refractivity contribution in [3.8, 4) is 0 Å². The average Bonchev–Trinajstić information content (AvgIpc) is 2.58. The van der Waals surface area contributed by atoms with E-state index < -0.39 is 0 Å². The molecule has 3 nitrogen and oxygen atoms in total. The maximum Gasteiger partial charge on any atom is 0.0847 e. The molecule has 1 aromatic heterocycles. The molecule has 1 heterocycles. The molecular weight excluding hydrogens is 246 g/mol. The number of nitrogens with zero attached hydrogens (tertiary/aromatic N) is 2. The van der Waals surface area contributed by atoms with E-state index in [0.717, 1.165) is 22.8 Å². The van der Waals surface area contributed by atoms with E-state index in [9.17, 15) is 0 Å². The molecule has 1 rings (SSSR count). The second-order valence-electron chi connectivity index (χ2n) is 5.19. The van der Waals surface area contributed by atoms with E-state index in [1.165, 1.54) is 19.3 Å². The Kier molecular flexibility index (Phi) is 6.16. The Labute approximate surface area is 116 Å². The van der Waals surface area contributed by atoms with Crippen LogP contribution in [0.3, 0.4) is 0 Å². The van der Waals surface area contributed by atoms with Crippen molar-refractivity contribution in [3.63, 3.8) is 0 Å². The highest BCUT2D eigenvalue weighted by Crippen LogP contribution is 2.23. The Morgan fingerprint density at radius 2 is 2.11 bits per heavy atom. The van der Waals surface area contributed by atoms with Crippen molar-refractivity contribution < 1.29 is 0 Å². The standard InChI is InChI=1S/C14H26ClN3/c1-6-7-8-10(2)12(16-4)9-13-14(15)11(3)17-18(13)5/h10,12,16H,6-9H2,1-5H3. The first-order valence-corrected chi connectivity index (χ1v) is 7.24. The molecular formula is C14H26ClN3. The van der Waals surface area contributed by atoms with Crippen LogP contribution < -0.4 is 5.32 Å². The molecule has 0 aliphatic carbocycles. The van der Waals surface area contributed by atoms with E-state index >= 15 is 0 Å². The van der Waals surface area contributed by atoms with Gasteiger partial charge in [0.15, 0.2) is 0 Å². The minimum Gasteiger partial charge on any atom is -0.316 e. The maximum absolute atomic E-state index is 6.31. The lowest BCUT2D eigenvalue weighted by molar-refractivity contribution is 0.360. The molecule has 104 valence electrons. The predicted molar refractivity (Wildman–Crippen MR) is 78.2 cm³/mol. The quantitative estimate of drug-likeness (QED) is 0.824. The van der Waals surface area contributed by atoms with Crippen LogP contribution in [0.5, 0.6) is 0 Å². The molecule has 0 radical (unpaired) electrons. The summed E-state index contributed by atoms with van der Waals surface area (Å²) in [6, 6.07) is 0.462. The van der Waals surface area contributed by atoms with Crippen LogP contribution in [0.4, 0.5) is 0 Å². The largest absolute Gasteiger partial charge is 0.316 e. The summed E-state index contributed by atoms with van der Waals surface area (Å²) in [6.45, 7) is 6.51. The average molecular weight is 272 g/mol. The first-order valence-electron chi connectivity index (χ1n) is 6.86. The Hall–Kier alpha value is -0.540. The fourth-order valence-corrected chi connectivity index (χ4v) is 2.66. The van der Waals surface area contributed by atoms with Gasteiger partial charge in [-0.3, -0.25) is 4.68 Å². The van der Waals surface area contributed by atoms with Gasteiger partial charge in [-0.05, 0) is 26.3 Å². The lowest BCUT2D eigenvalue weighted by atomic mass is 9.92. The summed E-state index contributed by atoms with van der Waals surface area (Å²) in [5, 5.41) is 8.62. The van der Waals surface area contributed by atoms with Gasteiger partial charge in [0.2, 0.25) is 0 Å². The lowest BCUT2D eigenvalue weighted by Gasteiger charge is -2.23. The summed E-state index contributed by atoms with van der Waals surface area (Å²) in [4.78, 5) is 0. The molecule has 0 aromatic carbocycles. The molecule has 18 heavy (non-hydrogen) atoms.